The summed E-state index contributed by atoms with van der Waals surface area (Å²) in [5.41, 5.74) is 2.30. The van der Waals surface area contributed by atoms with Crippen LogP contribution in [0.15, 0.2) is 47.4 Å². The first-order valence-corrected chi connectivity index (χ1v) is 10.3. The second-order valence-electron chi connectivity index (χ2n) is 6.83. The summed E-state index contributed by atoms with van der Waals surface area (Å²) in [6.07, 6.45) is 0. The van der Waals surface area contributed by atoms with Crippen molar-refractivity contribution in [2.24, 2.45) is 5.92 Å². The van der Waals surface area contributed by atoms with Crippen molar-refractivity contribution in [1.82, 2.24) is 4.72 Å². The lowest BCUT2D eigenvalue weighted by Crippen LogP contribution is -2.24. The van der Waals surface area contributed by atoms with Gasteiger partial charge >= 0.3 is 0 Å². The first-order valence-electron chi connectivity index (χ1n) is 8.86. The standard InChI is InChI=1S/C20H25N3O4S/c1-13(2)20(25)23-17-7-5-6-16(10-17)12-21-28(26,27)19-11-18(22-15(4)24)9-8-14(19)3/h5-11,13,21H,12H2,1-4H3,(H,22,24)(H,23,25). The molecule has 0 aliphatic carbocycles. The first kappa shape index (κ1) is 21.6. The van der Waals surface area contributed by atoms with Crippen molar-refractivity contribution in [2.45, 2.75) is 39.1 Å². The van der Waals surface area contributed by atoms with Crippen molar-refractivity contribution in [3.8, 4) is 0 Å². The van der Waals surface area contributed by atoms with Gasteiger partial charge in [0.25, 0.3) is 0 Å². The van der Waals surface area contributed by atoms with Gasteiger partial charge in [0, 0.05) is 30.8 Å². The van der Waals surface area contributed by atoms with Crippen LogP contribution in [0.5, 0.6) is 0 Å². The molecule has 0 saturated carbocycles. The lowest BCUT2D eigenvalue weighted by Gasteiger charge is -2.13. The third kappa shape index (κ3) is 5.90. The zero-order valence-corrected chi connectivity index (χ0v) is 17.2. The number of amides is 2. The van der Waals surface area contributed by atoms with Crippen LogP contribution in [-0.4, -0.2) is 20.2 Å². The molecule has 2 rings (SSSR count). The average molecular weight is 404 g/mol. The van der Waals surface area contributed by atoms with E-state index < -0.39 is 10.0 Å². The Balaban J connectivity index is 2.16. The summed E-state index contributed by atoms with van der Waals surface area (Å²) in [7, 11) is -3.79. The number of hydrogen-bond acceptors (Lipinski definition) is 4. The number of aryl methyl sites for hydroxylation is 1. The first-order chi connectivity index (χ1) is 13.1. The SMILES string of the molecule is CC(=O)Nc1ccc(C)c(S(=O)(=O)NCc2cccc(NC(=O)C(C)C)c2)c1. The molecule has 0 aromatic heterocycles. The Labute approximate surface area is 165 Å². The van der Waals surface area contributed by atoms with Gasteiger partial charge in [-0.05, 0) is 42.3 Å². The fourth-order valence-corrected chi connectivity index (χ4v) is 3.76. The van der Waals surface area contributed by atoms with E-state index in [0.29, 0.717) is 22.5 Å². The highest BCUT2D eigenvalue weighted by Crippen LogP contribution is 2.21. The van der Waals surface area contributed by atoms with E-state index in [2.05, 4.69) is 15.4 Å². The Morgan fingerprint density at radius 1 is 1.00 bits per heavy atom. The minimum absolute atomic E-state index is 0.0670. The molecule has 0 bridgehead atoms. The van der Waals surface area contributed by atoms with E-state index in [0.717, 1.165) is 0 Å². The third-order valence-electron chi connectivity index (χ3n) is 3.98. The summed E-state index contributed by atoms with van der Waals surface area (Å²) in [6, 6.07) is 11.7. The number of anilines is 2. The fourth-order valence-electron chi connectivity index (χ4n) is 2.47. The van der Waals surface area contributed by atoms with E-state index in [1.165, 1.54) is 13.0 Å². The molecule has 7 nitrogen and oxygen atoms in total. The zero-order valence-electron chi connectivity index (χ0n) is 16.4. The molecule has 150 valence electrons. The van der Waals surface area contributed by atoms with Gasteiger partial charge in [-0.3, -0.25) is 9.59 Å². The van der Waals surface area contributed by atoms with Crippen LogP contribution in [0.2, 0.25) is 0 Å². The monoisotopic (exact) mass is 403 g/mol. The van der Waals surface area contributed by atoms with E-state index in [9.17, 15) is 18.0 Å². The Kier molecular flexibility index (Phi) is 6.93. The van der Waals surface area contributed by atoms with E-state index in [1.54, 1.807) is 57.2 Å². The number of rotatable bonds is 7. The quantitative estimate of drug-likeness (QED) is 0.661. The summed E-state index contributed by atoms with van der Waals surface area (Å²) in [5.74, 6) is -0.537. The highest BCUT2D eigenvalue weighted by atomic mass is 32.2. The van der Waals surface area contributed by atoms with Crippen LogP contribution in [0.25, 0.3) is 0 Å². The van der Waals surface area contributed by atoms with Crippen LogP contribution in [0, 0.1) is 12.8 Å². The van der Waals surface area contributed by atoms with Crippen molar-refractivity contribution in [1.29, 1.82) is 0 Å². The molecule has 28 heavy (non-hydrogen) atoms. The Morgan fingerprint density at radius 3 is 2.32 bits per heavy atom. The summed E-state index contributed by atoms with van der Waals surface area (Å²) in [5, 5.41) is 5.37. The highest BCUT2D eigenvalue weighted by Gasteiger charge is 2.18. The van der Waals surface area contributed by atoms with Gasteiger partial charge in [-0.15, -0.1) is 0 Å². The molecule has 0 fully saturated rings. The topological polar surface area (TPSA) is 104 Å². The molecule has 3 N–H and O–H groups in total. The van der Waals surface area contributed by atoms with Crippen molar-refractivity contribution in [3.05, 3.63) is 53.6 Å². The molecule has 8 heteroatoms. The lowest BCUT2D eigenvalue weighted by atomic mass is 10.1. The molecule has 0 heterocycles. The predicted octanol–water partition coefficient (Wildman–Crippen LogP) is 3.03. The second-order valence-corrected chi connectivity index (χ2v) is 8.57. The number of benzene rings is 2. The van der Waals surface area contributed by atoms with Crippen molar-refractivity contribution < 1.29 is 18.0 Å². The molecule has 2 aromatic rings. The maximum atomic E-state index is 12.7. The summed E-state index contributed by atoms with van der Waals surface area (Å²) in [4.78, 5) is 23.1. The van der Waals surface area contributed by atoms with Crippen LogP contribution in [-0.2, 0) is 26.2 Å². The second kappa shape index (κ2) is 8.99. The van der Waals surface area contributed by atoms with Gasteiger partial charge in [0.1, 0.15) is 0 Å². The van der Waals surface area contributed by atoms with E-state index in [1.807, 2.05) is 0 Å². The average Bonchev–Trinajstić information content (AvgIpc) is 2.61. The smallest absolute Gasteiger partial charge is 0.241 e. The van der Waals surface area contributed by atoms with Gasteiger partial charge in [-0.1, -0.05) is 32.0 Å². The largest absolute Gasteiger partial charge is 0.326 e. The van der Waals surface area contributed by atoms with Crippen molar-refractivity contribution >= 4 is 33.2 Å². The fraction of sp³-hybridized carbons (Fsp3) is 0.300. The number of carbonyl (C=O) groups is 2. The molecular formula is C20H25N3O4S. The maximum Gasteiger partial charge on any atom is 0.241 e. The highest BCUT2D eigenvalue weighted by molar-refractivity contribution is 7.89. The van der Waals surface area contributed by atoms with Gasteiger partial charge in [-0.2, -0.15) is 0 Å². The number of sulfonamides is 1. The van der Waals surface area contributed by atoms with Gasteiger partial charge < -0.3 is 10.6 Å². The van der Waals surface area contributed by atoms with E-state index in [4.69, 9.17) is 0 Å². The zero-order chi connectivity index (χ0) is 20.9. The van der Waals surface area contributed by atoms with Gasteiger partial charge in [0.05, 0.1) is 4.90 Å². The normalized spacial score (nSPS) is 11.3. The van der Waals surface area contributed by atoms with Crippen LogP contribution >= 0.6 is 0 Å². The maximum absolute atomic E-state index is 12.7. The number of hydrogen-bond donors (Lipinski definition) is 3. The van der Waals surface area contributed by atoms with Gasteiger partial charge in [-0.25, -0.2) is 13.1 Å². The molecule has 0 aliphatic rings. The molecule has 0 radical (unpaired) electrons. The molecule has 0 saturated heterocycles. The Bertz CT molecular complexity index is 985. The lowest BCUT2D eigenvalue weighted by molar-refractivity contribution is -0.119. The van der Waals surface area contributed by atoms with Crippen LogP contribution in [0.1, 0.15) is 31.9 Å². The van der Waals surface area contributed by atoms with Crippen molar-refractivity contribution in [2.75, 3.05) is 10.6 Å². The summed E-state index contributed by atoms with van der Waals surface area (Å²) >= 11 is 0. The van der Waals surface area contributed by atoms with Crippen LogP contribution < -0.4 is 15.4 Å². The number of nitrogens with one attached hydrogen (secondary N) is 3. The predicted molar refractivity (Wildman–Crippen MR) is 109 cm³/mol. The minimum atomic E-state index is -3.79. The van der Waals surface area contributed by atoms with Crippen molar-refractivity contribution in [3.63, 3.8) is 0 Å². The van der Waals surface area contributed by atoms with E-state index >= 15 is 0 Å². The Hall–Kier alpha value is -2.71. The third-order valence-corrected chi connectivity index (χ3v) is 5.53. The molecule has 2 amide bonds. The van der Waals surface area contributed by atoms with Gasteiger partial charge in [0.15, 0.2) is 0 Å². The molecule has 0 unspecified atom stereocenters. The van der Waals surface area contributed by atoms with Crippen LogP contribution in [0.3, 0.4) is 0 Å². The summed E-state index contributed by atoms with van der Waals surface area (Å²) < 4.78 is 28.0. The molecule has 0 aliphatic heterocycles. The van der Waals surface area contributed by atoms with E-state index in [-0.39, 0.29) is 29.2 Å². The molecule has 0 spiro atoms. The van der Waals surface area contributed by atoms with Crippen LogP contribution in [0.4, 0.5) is 11.4 Å². The molecule has 0 atom stereocenters. The Morgan fingerprint density at radius 2 is 1.68 bits per heavy atom. The number of carbonyl (C=O) groups excluding carboxylic acids is 2. The van der Waals surface area contributed by atoms with Gasteiger partial charge in [0.2, 0.25) is 21.8 Å². The summed E-state index contributed by atoms with van der Waals surface area (Å²) in [6.45, 7) is 6.71. The molecular weight excluding hydrogens is 378 g/mol. The molecule has 2 aromatic carbocycles. The minimum Gasteiger partial charge on any atom is -0.326 e.